The number of para-hydroxylation sites is 2. The SMILES string of the molecule is CCC[C@H](OC1C(NC(C)=O)[C@H](O[C@@H]2CC(C(=O)CCCNC(=O)[C@H]3CC(OCc4cc5ccccc5oc4=O)C(O)[C@H](O[C@@H]4OC(CO)[C@H](O)C(OCc5cc6ccccc6oc5=O)[C@H]4O)C3)CC(n3cc(-c4ccccc4)nn3)[C@H]2O[C@@H]2OC(C)[C@@H](O)[C@H](O)C2O)O[C@@H](CO)[C@@H]1O)C(=O)O. The number of ether oxygens (including phenoxy) is 9. The second-order valence-electron chi connectivity index (χ2n) is 26.5. The van der Waals surface area contributed by atoms with Gasteiger partial charge in [0.25, 0.3) is 0 Å². The van der Waals surface area contributed by atoms with Crippen molar-refractivity contribution in [3.05, 3.63) is 129 Å². The monoisotopic (exact) mass is 1430 g/mol. The summed E-state index contributed by atoms with van der Waals surface area (Å²) in [7, 11) is 0. The molecule has 5 fully saturated rings. The van der Waals surface area contributed by atoms with E-state index in [1.54, 1.807) is 98.0 Å². The van der Waals surface area contributed by atoms with Crippen LogP contribution in [0.5, 0.6) is 0 Å². The molecule has 0 radical (unpaired) electrons. The number of fused-ring (bicyclic) bond motifs is 2. The van der Waals surface area contributed by atoms with Gasteiger partial charge in [-0.25, -0.2) is 19.1 Å². The van der Waals surface area contributed by atoms with Crippen LogP contribution in [0.15, 0.2) is 116 Å². The molecular weight excluding hydrogens is 1340 g/mol. The summed E-state index contributed by atoms with van der Waals surface area (Å²) in [4.78, 5) is 81.4. The summed E-state index contributed by atoms with van der Waals surface area (Å²) in [6.07, 6.45) is -30.2. The summed E-state index contributed by atoms with van der Waals surface area (Å²) in [5, 5.41) is 127. The summed E-state index contributed by atoms with van der Waals surface area (Å²) in [5.41, 5.74) is 0.333. The molecule has 6 heterocycles. The Morgan fingerprint density at radius 3 is 1.86 bits per heavy atom. The number of nitrogens with one attached hydrogen (secondary N) is 2. The summed E-state index contributed by atoms with van der Waals surface area (Å²) in [6, 6.07) is 23.0. The molecule has 554 valence electrons. The van der Waals surface area contributed by atoms with Gasteiger partial charge >= 0.3 is 17.2 Å². The molecule has 2 amide bonds. The van der Waals surface area contributed by atoms with Crippen molar-refractivity contribution >= 4 is 45.5 Å². The zero-order valence-electron chi connectivity index (χ0n) is 56.0. The number of carbonyl (C=O) groups excluding carboxylic acids is 3. The zero-order chi connectivity index (χ0) is 72.6. The minimum absolute atomic E-state index is 0.0223. The minimum Gasteiger partial charge on any atom is -0.479 e. The molecule has 3 aromatic heterocycles. The Labute approximate surface area is 582 Å². The average molecular weight is 1430 g/mol. The van der Waals surface area contributed by atoms with Gasteiger partial charge in [0.2, 0.25) is 11.8 Å². The molecule has 102 heavy (non-hydrogen) atoms. The second-order valence-corrected chi connectivity index (χ2v) is 26.5. The molecule has 10 unspecified atom stereocenters. The number of nitrogens with zero attached hydrogens (tertiary/aromatic N) is 3. The van der Waals surface area contributed by atoms with E-state index in [2.05, 4.69) is 20.9 Å². The Morgan fingerprint density at radius 1 is 0.637 bits per heavy atom. The highest BCUT2D eigenvalue weighted by Crippen LogP contribution is 2.42. The van der Waals surface area contributed by atoms with Crippen LogP contribution in [0.3, 0.4) is 0 Å². The first-order valence-corrected chi connectivity index (χ1v) is 34.1. The number of hydrogen-bond donors (Lipinski definition) is 12. The number of amides is 2. The van der Waals surface area contributed by atoms with Crippen LogP contribution in [0, 0.1) is 11.8 Å². The number of rotatable bonds is 28. The van der Waals surface area contributed by atoms with Crippen molar-refractivity contribution in [3.8, 4) is 11.3 Å². The van der Waals surface area contributed by atoms with Crippen LogP contribution in [0.25, 0.3) is 33.2 Å². The van der Waals surface area contributed by atoms with Crippen molar-refractivity contribution in [3.63, 3.8) is 0 Å². The maximum Gasteiger partial charge on any atom is 0.341 e. The fourth-order valence-corrected chi connectivity index (χ4v) is 13.9. The number of aliphatic hydroxyl groups is 9. The van der Waals surface area contributed by atoms with Gasteiger partial charge < -0.3 is 113 Å². The van der Waals surface area contributed by atoms with Gasteiger partial charge in [-0.3, -0.25) is 14.4 Å². The third-order valence-corrected chi connectivity index (χ3v) is 19.5. The summed E-state index contributed by atoms with van der Waals surface area (Å²) >= 11 is 0. The van der Waals surface area contributed by atoms with Crippen LogP contribution in [0.2, 0.25) is 0 Å². The number of carbonyl (C=O) groups is 4. The van der Waals surface area contributed by atoms with Gasteiger partial charge in [0.15, 0.2) is 25.0 Å². The van der Waals surface area contributed by atoms with E-state index in [1.807, 2.05) is 0 Å². The second kappa shape index (κ2) is 34.0. The lowest BCUT2D eigenvalue weighted by molar-refractivity contribution is -0.337. The third-order valence-electron chi connectivity index (χ3n) is 19.5. The molecule has 0 bridgehead atoms. The fraction of sp³-hybridized carbons (Fsp3) is 0.571. The predicted molar refractivity (Wildman–Crippen MR) is 351 cm³/mol. The van der Waals surface area contributed by atoms with Crippen LogP contribution < -0.4 is 21.9 Å². The molecule has 0 spiro atoms. The van der Waals surface area contributed by atoms with Gasteiger partial charge in [-0.15, -0.1) is 5.10 Å². The van der Waals surface area contributed by atoms with Crippen molar-refractivity contribution in [1.82, 2.24) is 25.6 Å². The Balaban J connectivity index is 0.838. The molecule has 32 nitrogen and oxygen atoms in total. The first-order valence-electron chi connectivity index (χ1n) is 34.1. The van der Waals surface area contributed by atoms with E-state index in [0.29, 0.717) is 39.6 Å². The normalized spacial score (nSPS) is 33.2. The van der Waals surface area contributed by atoms with Crippen LogP contribution >= 0.6 is 0 Å². The Hall–Kier alpha value is -7.42. The molecule has 24 atom stereocenters. The van der Waals surface area contributed by atoms with Crippen LogP contribution in [0.1, 0.15) is 89.3 Å². The molecule has 3 saturated heterocycles. The number of benzene rings is 3. The van der Waals surface area contributed by atoms with E-state index in [9.17, 15) is 75.0 Å². The summed E-state index contributed by atoms with van der Waals surface area (Å²) in [5.74, 6) is -5.05. The highest BCUT2D eigenvalue weighted by atomic mass is 16.7. The topological polar surface area (TPSA) is 469 Å². The van der Waals surface area contributed by atoms with Crippen molar-refractivity contribution < 1.29 is 122 Å². The number of ketones is 1. The van der Waals surface area contributed by atoms with Gasteiger partial charge in [-0.2, -0.15) is 0 Å². The maximum atomic E-state index is 15.0. The molecule has 12 N–H and O–H groups in total. The van der Waals surface area contributed by atoms with E-state index in [1.165, 1.54) is 17.7 Å². The van der Waals surface area contributed by atoms with Crippen LogP contribution in [-0.2, 0) is 75.0 Å². The molecule has 11 rings (SSSR count). The molecule has 2 aliphatic carbocycles. The lowest BCUT2D eigenvalue weighted by Crippen LogP contribution is -2.67. The first kappa shape index (κ1) is 75.7. The lowest BCUT2D eigenvalue weighted by Gasteiger charge is -2.49. The molecule has 5 aliphatic rings. The Kier molecular flexibility index (Phi) is 25.2. The van der Waals surface area contributed by atoms with Crippen molar-refractivity contribution in [2.75, 3.05) is 19.8 Å². The van der Waals surface area contributed by atoms with Crippen LogP contribution in [-0.4, -0.2) is 238 Å². The molecule has 32 heteroatoms. The van der Waals surface area contributed by atoms with Gasteiger partial charge in [-0.1, -0.05) is 85.3 Å². The van der Waals surface area contributed by atoms with E-state index >= 15 is 4.79 Å². The number of hydrogen-bond acceptors (Lipinski definition) is 28. The number of Topliss-reactive ketones (excluding diaryl/α,β-unsaturated/α-hetero) is 1. The maximum absolute atomic E-state index is 15.0. The smallest absolute Gasteiger partial charge is 0.341 e. The summed E-state index contributed by atoms with van der Waals surface area (Å²) in [6.45, 7) is 1.68. The number of carboxylic acid groups (broad SMARTS) is 1. The third kappa shape index (κ3) is 17.3. The van der Waals surface area contributed by atoms with Gasteiger partial charge in [0.1, 0.15) is 102 Å². The minimum atomic E-state index is -1.87. The van der Waals surface area contributed by atoms with Crippen molar-refractivity contribution in [2.45, 2.75) is 220 Å². The Bertz CT molecular complexity index is 3930. The quantitative estimate of drug-likeness (QED) is 0.0230. The van der Waals surface area contributed by atoms with E-state index in [4.69, 9.17) is 51.5 Å². The average Bonchev–Trinajstić information content (AvgIpc) is 1.11. The predicted octanol–water partition coefficient (Wildman–Crippen LogP) is 0.160. The molecular formula is C70H87N5O27. The van der Waals surface area contributed by atoms with E-state index in [-0.39, 0.29) is 68.4 Å². The fourth-order valence-electron chi connectivity index (χ4n) is 13.9. The highest BCUT2D eigenvalue weighted by Gasteiger charge is 2.55. The van der Waals surface area contributed by atoms with E-state index in [0.717, 1.165) is 6.92 Å². The van der Waals surface area contributed by atoms with Crippen LogP contribution in [0.4, 0.5) is 0 Å². The molecule has 2 saturated carbocycles. The molecule has 3 aliphatic heterocycles. The Morgan fingerprint density at radius 2 is 1.23 bits per heavy atom. The first-order chi connectivity index (χ1) is 49.0. The van der Waals surface area contributed by atoms with Gasteiger partial charge in [-0.05, 0) is 69.7 Å². The number of aliphatic hydroxyl groups excluding tert-OH is 9. The zero-order valence-corrected chi connectivity index (χ0v) is 56.0. The lowest BCUT2D eigenvalue weighted by atomic mass is 9.78. The van der Waals surface area contributed by atoms with Crippen molar-refractivity contribution in [1.29, 1.82) is 0 Å². The van der Waals surface area contributed by atoms with Gasteiger partial charge in [0, 0.05) is 48.1 Å². The van der Waals surface area contributed by atoms with Gasteiger partial charge in [0.05, 0.1) is 74.2 Å². The number of aliphatic carboxylic acids is 1. The number of carboxylic acids is 1. The highest BCUT2D eigenvalue weighted by molar-refractivity contribution is 5.82. The standard InChI is InChI=1S/C70H87N5O27/c1-4-13-47(65(88)89)95-62-53(72-34(3)78)68(100-51(29-76)56(62)82)99-50-25-38(24-43(75-28-42(73-74-75)35-14-6-5-7-15-35)61(50)102-69-59(85)58(84)54(80)33(2)94-69)44(79)18-12-21-71-64(87)39-26-48(92-31-40-22-36-16-8-10-19-45(36)96-66(40)90)55(81)49(27-39)98-70-60(86)63(57(83)52(30-77)101-70)93-32-41-23-37-17-9-11-20-46(37)97-67(41)91/h5-11,14-17,19-20,22-23,28,33,38-39,43,47-63,68-70,76-77,80-86H,4,12-13,18,21,24-27,29-32H2,1-3H3,(H,71,87)(H,72,78)(H,88,89)/t33?,38?,39-,43?,47-,48?,49+,50+,51-,52?,53?,54+,55?,56-,57-,58-,59?,60+,61+,62?,63?,68+,69-,70+/m0/s1. The summed E-state index contributed by atoms with van der Waals surface area (Å²) < 4.78 is 68.4. The van der Waals surface area contributed by atoms with E-state index < -0.39 is 202 Å². The van der Waals surface area contributed by atoms with Crippen molar-refractivity contribution in [2.24, 2.45) is 11.8 Å². The molecule has 6 aromatic rings. The largest absolute Gasteiger partial charge is 0.479 e. The number of aromatic nitrogens is 3. The molecule has 3 aromatic carbocycles.